The summed E-state index contributed by atoms with van der Waals surface area (Å²) in [7, 11) is 0. The molecule has 0 saturated heterocycles. The molecule has 1 unspecified atom stereocenters. The minimum atomic E-state index is -0.104. The quantitative estimate of drug-likeness (QED) is 0.759. The normalized spacial score (nSPS) is 12.8. The van der Waals surface area contributed by atoms with E-state index < -0.39 is 0 Å². The Morgan fingerprint density at radius 2 is 1.84 bits per heavy atom. The third-order valence-electron chi connectivity index (χ3n) is 3.26. The molecule has 3 heteroatoms. The molecule has 96 valence electrons. The number of aryl methyl sites for hydroxylation is 1. The van der Waals surface area contributed by atoms with Crippen LogP contribution < -0.4 is 5.73 Å². The molecule has 2 N–H and O–H groups in total. The standard InChI is InChI=1S/C16H17N3/c1-11-8-9-15-14(10-11)18-16(12(2)17)19(15)13-6-4-3-5-7-13/h3-10,12H,17H2,1-2H3. The van der Waals surface area contributed by atoms with Crippen LogP contribution in [0.3, 0.4) is 0 Å². The summed E-state index contributed by atoms with van der Waals surface area (Å²) in [4.78, 5) is 4.69. The molecule has 0 saturated carbocycles. The highest BCUT2D eigenvalue weighted by Crippen LogP contribution is 2.25. The fraction of sp³-hybridized carbons (Fsp3) is 0.188. The Morgan fingerprint density at radius 3 is 2.53 bits per heavy atom. The third kappa shape index (κ3) is 2.02. The zero-order valence-electron chi connectivity index (χ0n) is 11.2. The molecular weight excluding hydrogens is 234 g/mol. The van der Waals surface area contributed by atoms with Crippen molar-refractivity contribution in [1.82, 2.24) is 9.55 Å². The van der Waals surface area contributed by atoms with Crippen LogP contribution in [-0.4, -0.2) is 9.55 Å². The van der Waals surface area contributed by atoms with E-state index in [1.807, 2.05) is 25.1 Å². The Morgan fingerprint density at radius 1 is 1.11 bits per heavy atom. The molecule has 0 aliphatic rings. The Bertz CT molecular complexity index is 711. The van der Waals surface area contributed by atoms with Gasteiger partial charge in [-0.2, -0.15) is 0 Å². The van der Waals surface area contributed by atoms with Crippen LogP contribution >= 0.6 is 0 Å². The summed E-state index contributed by atoms with van der Waals surface area (Å²) in [6.45, 7) is 4.04. The van der Waals surface area contributed by atoms with Gasteiger partial charge in [-0.25, -0.2) is 4.98 Å². The van der Waals surface area contributed by atoms with Gasteiger partial charge in [-0.15, -0.1) is 0 Å². The number of nitrogens with two attached hydrogens (primary N) is 1. The lowest BCUT2D eigenvalue weighted by Crippen LogP contribution is -2.12. The van der Waals surface area contributed by atoms with Gasteiger partial charge in [-0.1, -0.05) is 24.3 Å². The van der Waals surface area contributed by atoms with E-state index in [1.54, 1.807) is 0 Å². The summed E-state index contributed by atoms with van der Waals surface area (Å²) in [5.74, 6) is 0.895. The minimum Gasteiger partial charge on any atom is -0.322 e. The van der Waals surface area contributed by atoms with Crippen LogP contribution in [-0.2, 0) is 0 Å². The maximum absolute atomic E-state index is 6.07. The molecule has 2 aromatic carbocycles. The van der Waals surface area contributed by atoms with Gasteiger partial charge in [0.25, 0.3) is 0 Å². The number of benzene rings is 2. The molecule has 19 heavy (non-hydrogen) atoms. The van der Waals surface area contributed by atoms with Crippen LogP contribution in [0, 0.1) is 6.92 Å². The maximum atomic E-state index is 6.07. The van der Waals surface area contributed by atoms with Crippen molar-refractivity contribution >= 4 is 11.0 Å². The van der Waals surface area contributed by atoms with Crippen LogP contribution in [0.1, 0.15) is 24.4 Å². The van der Waals surface area contributed by atoms with E-state index >= 15 is 0 Å². The van der Waals surface area contributed by atoms with E-state index in [-0.39, 0.29) is 6.04 Å². The Hall–Kier alpha value is -2.13. The number of fused-ring (bicyclic) bond motifs is 1. The van der Waals surface area contributed by atoms with Gasteiger partial charge in [0.2, 0.25) is 0 Å². The van der Waals surface area contributed by atoms with Gasteiger partial charge in [0.15, 0.2) is 0 Å². The fourth-order valence-corrected chi connectivity index (χ4v) is 2.36. The van der Waals surface area contributed by atoms with Gasteiger partial charge in [0.05, 0.1) is 17.1 Å². The second kappa shape index (κ2) is 4.52. The first-order valence-corrected chi connectivity index (χ1v) is 6.47. The van der Waals surface area contributed by atoms with Crippen molar-refractivity contribution in [2.24, 2.45) is 5.73 Å². The number of nitrogens with zero attached hydrogens (tertiary/aromatic N) is 2. The fourth-order valence-electron chi connectivity index (χ4n) is 2.36. The second-order valence-corrected chi connectivity index (χ2v) is 4.92. The number of hydrogen-bond acceptors (Lipinski definition) is 2. The van der Waals surface area contributed by atoms with Crippen LogP contribution in [0.25, 0.3) is 16.7 Å². The molecule has 3 nitrogen and oxygen atoms in total. The van der Waals surface area contributed by atoms with Crippen LogP contribution in [0.2, 0.25) is 0 Å². The number of aromatic nitrogens is 2. The molecule has 0 aliphatic carbocycles. The van der Waals surface area contributed by atoms with Crippen LogP contribution in [0.4, 0.5) is 0 Å². The summed E-state index contributed by atoms with van der Waals surface area (Å²) in [5.41, 5.74) is 10.5. The highest BCUT2D eigenvalue weighted by Gasteiger charge is 2.15. The average molecular weight is 251 g/mol. The van der Waals surface area contributed by atoms with E-state index in [9.17, 15) is 0 Å². The molecular formula is C16H17N3. The lowest BCUT2D eigenvalue weighted by atomic mass is 10.2. The zero-order valence-corrected chi connectivity index (χ0v) is 11.2. The van der Waals surface area contributed by atoms with Crippen LogP contribution in [0.15, 0.2) is 48.5 Å². The summed E-state index contributed by atoms with van der Waals surface area (Å²) < 4.78 is 2.14. The molecule has 0 amide bonds. The monoisotopic (exact) mass is 251 g/mol. The molecule has 1 aromatic heterocycles. The first kappa shape index (κ1) is 11.9. The number of hydrogen-bond donors (Lipinski definition) is 1. The van der Waals surface area contributed by atoms with Gasteiger partial charge in [-0.05, 0) is 43.7 Å². The summed E-state index contributed by atoms with van der Waals surface area (Å²) in [5, 5.41) is 0. The van der Waals surface area contributed by atoms with Crippen molar-refractivity contribution in [1.29, 1.82) is 0 Å². The molecule has 3 aromatic rings. The third-order valence-corrected chi connectivity index (χ3v) is 3.26. The highest BCUT2D eigenvalue weighted by atomic mass is 15.1. The van der Waals surface area contributed by atoms with Crippen LogP contribution in [0.5, 0.6) is 0 Å². The SMILES string of the molecule is Cc1ccc2c(c1)nc(C(C)N)n2-c1ccccc1. The molecule has 0 bridgehead atoms. The summed E-state index contributed by atoms with van der Waals surface area (Å²) >= 11 is 0. The topological polar surface area (TPSA) is 43.8 Å². The van der Waals surface area contributed by atoms with Gasteiger partial charge in [-0.3, -0.25) is 4.57 Å². The van der Waals surface area contributed by atoms with Crippen molar-refractivity contribution in [3.63, 3.8) is 0 Å². The molecule has 1 heterocycles. The van der Waals surface area contributed by atoms with E-state index in [2.05, 4.69) is 46.8 Å². The molecule has 0 aliphatic heterocycles. The smallest absolute Gasteiger partial charge is 0.131 e. The minimum absolute atomic E-state index is 0.104. The van der Waals surface area contributed by atoms with Crippen molar-refractivity contribution in [3.05, 3.63) is 59.9 Å². The molecule has 0 spiro atoms. The predicted molar refractivity (Wildman–Crippen MR) is 78.4 cm³/mol. The second-order valence-electron chi connectivity index (χ2n) is 4.92. The summed E-state index contributed by atoms with van der Waals surface area (Å²) in [6.07, 6.45) is 0. The number of imidazole rings is 1. The van der Waals surface area contributed by atoms with E-state index in [0.717, 1.165) is 22.5 Å². The van der Waals surface area contributed by atoms with E-state index in [4.69, 9.17) is 5.73 Å². The first-order valence-electron chi connectivity index (χ1n) is 6.47. The van der Waals surface area contributed by atoms with Crippen molar-refractivity contribution in [3.8, 4) is 5.69 Å². The Kier molecular flexibility index (Phi) is 2.84. The van der Waals surface area contributed by atoms with Gasteiger partial charge < -0.3 is 5.73 Å². The largest absolute Gasteiger partial charge is 0.322 e. The lowest BCUT2D eigenvalue weighted by Gasteiger charge is -2.11. The van der Waals surface area contributed by atoms with Crippen molar-refractivity contribution in [2.45, 2.75) is 19.9 Å². The van der Waals surface area contributed by atoms with E-state index in [0.29, 0.717) is 0 Å². The molecule has 0 fully saturated rings. The Labute approximate surface area is 112 Å². The number of rotatable bonds is 2. The highest BCUT2D eigenvalue weighted by molar-refractivity contribution is 5.79. The molecule has 0 radical (unpaired) electrons. The van der Waals surface area contributed by atoms with Gasteiger partial charge >= 0.3 is 0 Å². The zero-order chi connectivity index (χ0) is 13.4. The van der Waals surface area contributed by atoms with E-state index in [1.165, 1.54) is 5.56 Å². The number of para-hydroxylation sites is 1. The average Bonchev–Trinajstić information content (AvgIpc) is 2.78. The molecule has 3 rings (SSSR count). The van der Waals surface area contributed by atoms with Crippen molar-refractivity contribution < 1.29 is 0 Å². The van der Waals surface area contributed by atoms with Gasteiger partial charge in [0, 0.05) is 5.69 Å². The first-order chi connectivity index (χ1) is 9.16. The Balaban J connectivity index is 2.35. The van der Waals surface area contributed by atoms with Gasteiger partial charge in [0.1, 0.15) is 5.82 Å². The maximum Gasteiger partial charge on any atom is 0.131 e. The predicted octanol–water partition coefficient (Wildman–Crippen LogP) is 3.35. The molecule has 1 atom stereocenters. The lowest BCUT2D eigenvalue weighted by molar-refractivity contribution is 0.727. The summed E-state index contributed by atoms with van der Waals surface area (Å²) in [6, 6.07) is 16.4. The van der Waals surface area contributed by atoms with Crippen molar-refractivity contribution in [2.75, 3.05) is 0 Å².